The summed E-state index contributed by atoms with van der Waals surface area (Å²) in [4.78, 5) is 35.7. The van der Waals surface area contributed by atoms with E-state index < -0.39 is 0 Å². The lowest BCUT2D eigenvalue weighted by Crippen LogP contribution is -2.55. The maximum Gasteiger partial charge on any atom is 0.248 e. The van der Waals surface area contributed by atoms with E-state index in [0.717, 1.165) is 51.0 Å². The number of carbonyl (C=O) groups excluding carboxylic acids is 2. The standard InChI is InChI=1S/C18H28N4O3/c1-2-25-11-17(24)21-8-3-6-18(12-21)7-4-16(23)22(13-18)9-5-15-10-19-14-20-15/h10,14H,2-9,11-13H2,1H3,(H,19,20)/t18-/m0/s1. The van der Waals surface area contributed by atoms with E-state index in [4.69, 9.17) is 4.74 Å². The Morgan fingerprint density at radius 2 is 2.28 bits per heavy atom. The summed E-state index contributed by atoms with van der Waals surface area (Å²) in [7, 11) is 0. The van der Waals surface area contributed by atoms with E-state index >= 15 is 0 Å². The van der Waals surface area contributed by atoms with Gasteiger partial charge in [0.15, 0.2) is 0 Å². The number of rotatable bonds is 6. The van der Waals surface area contributed by atoms with Crippen LogP contribution in [-0.2, 0) is 20.7 Å². The molecule has 1 atom stereocenters. The number of hydrogen-bond acceptors (Lipinski definition) is 4. The molecule has 138 valence electrons. The molecule has 0 radical (unpaired) electrons. The Balaban J connectivity index is 1.60. The van der Waals surface area contributed by atoms with Gasteiger partial charge in [0.2, 0.25) is 11.8 Å². The summed E-state index contributed by atoms with van der Waals surface area (Å²) in [5, 5.41) is 0. The Hall–Kier alpha value is -1.89. The number of nitrogens with one attached hydrogen (secondary N) is 1. The maximum absolute atomic E-state index is 12.3. The van der Waals surface area contributed by atoms with Gasteiger partial charge in [0.1, 0.15) is 6.61 Å². The molecular weight excluding hydrogens is 320 g/mol. The number of piperidine rings is 2. The molecule has 2 amide bonds. The molecule has 3 rings (SSSR count). The van der Waals surface area contributed by atoms with E-state index in [-0.39, 0.29) is 23.8 Å². The summed E-state index contributed by atoms with van der Waals surface area (Å²) >= 11 is 0. The molecule has 25 heavy (non-hydrogen) atoms. The second-order valence-corrected chi connectivity index (χ2v) is 7.20. The number of H-pyrrole nitrogens is 1. The predicted molar refractivity (Wildman–Crippen MR) is 92.8 cm³/mol. The molecule has 1 aromatic heterocycles. The first-order valence-corrected chi connectivity index (χ1v) is 9.22. The molecule has 2 aliphatic rings. The van der Waals surface area contributed by atoms with E-state index in [1.54, 1.807) is 12.5 Å². The first-order valence-electron chi connectivity index (χ1n) is 9.22. The van der Waals surface area contributed by atoms with Gasteiger partial charge in [-0.1, -0.05) is 0 Å². The molecule has 0 aromatic carbocycles. The minimum absolute atomic E-state index is 0.0437. The lowest BCUT2D eigenvalue weighted by molar-refractivity contribution is -0.145. The number of amides is 2. The molecule has 2 fully saturated rings. The number of aromatic amines is 1. The molecule has 2 aliphatic heterocycles. The van der Waals surface area contributed by atoms with Crippen LogP contribution in [0, 0.1) is 5.41 Å². The highest BCUT2D eigenvalue weighted by Crippen LogP contribution is 2.38. The van der Waals surface area contributed by atoms with Gasteiger partial charge in [-0.2, -0.15) is 0 Å². The molecule has 2 saturated heterocycles. The molecule has 7 heteroatoms. The Kier molecular flexibility index (Phi) is 5.73. The van der Waals surface area contributed by atoms with Crippen molar-refractivity contribution in [3.8, 4) is 0 Å². The average molecular weight is 348 g/mol. The topological polar surface area (TPSA) is 78.5 Å². The number of hydrogen-bond donors (Lipinski definition) is 1. The summed E-state index contributed by atoms with van der Waals surface area (Å²) in [6.07, 6.45) is 7.80. The van der Waals surface area contributed by atoms with E-state index in [0.29, 0.717) is 19.6 Å². The molecule has 0 saturated carbocycles. The van der Waals surface area contributed by atoms with Crippen molar-refractivity contribution in [1.29, 1.82) is 0 Å². The van der Waals surface area contributed by atoms with Crippen molar-refractivity contribution in [3.05, 3.63) is 18.2 Å². The molecule has 0 aliphatic carbocycles. The summed E-state index contributed by atoms with van der Waals surface area (Å²) in [5.74, 6) is 0.296. The van der Waals surface area contributed by atoms with Crippen molar-refractivity contribution in [3.63, 3.8) is 0 Å². The van der Waals surface area contributed by atoms with Crippen molar-refractivity contribution in [2.75, 3.05) is 39.4 Å². The second-order valence-electron chi connectivity index (χ2n) is 7.20. The van der Waals surface area contributed by atoms with E-state index in [9.17, 15) is 9.59 Å². The number of carbonyl (C=O) groups is 2. The van der Waals surface area contributed by atoms with Gasteiger partial charge >= 0.3 is 0 Å². The van der Waals surface area contributed by atoms with Gasteiger partial charge in [0.05, 0.1) is 6.33 Å². The number of imidazole rings is 1. The highest BCUT2D eigenvalue weighted by molar-refractivity contribution is 5.78. The number of ether oxygens (including phenoxy) is 1. The Bertz CT molecular complexity index is 589. The van der Waals surface area contributed by atoms with Crippen molar-refractivity contribution in [1.82, 2.24) is 19.8 Å². The first-order chi connectivity index (χ1) is 12.1. The molecular formula is C18H28N4O3. The van der Waals surface area contributed by atoms with Crippen LogP contribution >= 0.6 is 0 Å². The van der Waals surface area contributed by atoms with Crippen molar-refractivity contribution >= 4 is 11.8 Å². The van der Waals surface area contributed by atoms with Gasteiger partial charge < -0.3 is 19.5 Å². The third-order valence-electron chi connectivity index (χ3n) is 5.40. The third-order valence-corrected chi connectivity index (χ3v) is 5.40. The molecule has 1 N–H and O–H groups in total. The summed E-state index contributed by atoms with van der Waals surface area (Å²) in [6, 6.07) is 0. The zero-order valence-corrected chi connectivity index (χ0v) is 15.0. The monoisotopic (exact) mass is 348 g/mol. The highest BCUT2D eigenvalue weighted by atomic mass is 16.5. The van der Waals surface area contributed by atoms with Crippen LogP contribution in [0.3, 0.4) is 0 Å². The smallest absolute Gasteiger partial charge is 0.248 e. The van der Waals surface area contributed by atoms with Gasteiger partial charge in [-0.15, -0.1) is 0 Å². The minimum atomic E-state index is 0.0437. The van der Waals surface area contributed by atoms with Gasteiger partial charge in [0.25, 0.3) is 0 Å². The highest BCUT2D eigenvalue weighted by Gasteiger charge is 2.42. The predicted octanol–water partition coefficient (Wildman–Crippen LogP) is 1.22. The van der Waals surface area contributed by atoms with Crippen molar-refractivity contribution in [2.24, 2.45) is 5.41 Å². The Labute approximate surface area is 148 Å². The SMILES string of the molecule is CCOCC(=O)N1CCC[C@]2(CCC(=O)N(CCc3cnc[nH]3)C2)C1. The molecule has 1 aromatic rings. The summed E-state index contributed by atoms with van der Waals surface area (Å²) in [5.41, 5.74) is 1.09. The Morgan fingerprint density at radius 1 is 1.40 bits per heavy atom. The second kappa shape index (κ2) is 7.99. The van der Waals surface area contributed by atoms with Crippen LogP contribution in [0.5, 0.6) is 0 Å². The largest absolute Gasteiger partial charge is 0.372 e. The molecule has 3 heterocycles. The fourth-order valence-electron chi connectivity index (χ4n) is 4.02. The van der Waals surface area contributed by atoms with Gasteiger partial charge in [-0.3, -0.25) is 9.59 Å². The van der Waals surface area contributed by atoms with Crippen LogP contribution < -0.4 is 0 Å². The van der Waals surface area contributed by atoms with Gasteiger partial charge in [-0.25, -0.2) is 4.98 Å². The van der Waals surface area contributed by atoms with Crippen LogP contribution in [0.1, 0.15) is 38.3 Å². The minimum Gasteiger partial charge on any atom is -0.372 e. The lowest BCUT2D eigenvalue weighted by Gasteiger charge is -2.48. The molecule has 7 nitrogen and oxygen atoms in total. The molecule has 0 bridgehead atoms. The van der Waals surface area contributed by atoms with Crippen LogP contribution in [0.15, 0.2) is 12.5 Å². The molecule has 1 spiro atoms. The van der Waals surface area contributed by atoms with E-state index in [1.807, 2.05) is 16.7 Å². The number of nitrogens with zero attached hydrogens (tertiary/aromatic N) is 3. The fraction of sp³-hybridized carbons (Fsp3) is 0.722. The average Bonchev–Trinajstić information content (AvgIpc) is 3.14. The fourth-order valence-corrected chi connectivity index (χ4v) is 4.02. The van der Waals surface area contributed by atoms with Crippen LogP contribution in [0.25, 0.3) is 0 Å². The zero-order chi connectivity index (χ0) is 17.7. The summed E-state index contributed by atoms with van der Waals surface area (Å²) in [6.45, 7) is 5.61. The van der Waals surface area contributed by atoms with E-state index in [2.05, 4.69) is 9.97 Å². The normalized spacial score (nSPS) is 24.1. The first kappa shape index (κ1) is 17.9. The van der Waals surface area contributed by atoms with Crippen LogP contribution in [0.4, 0.5) is 0 Å². The Morgan fingerprint density at radius 3 is 3.04 bits per heavy atom. The lowest BCUT2D eigenvalue weighted by atomic mass is 9.73. The third kappa shape index (κ3) is 4.39. The quantitative estimate of drug-likeness (QED) is 0.838. The molecule has 0 unspecified atom stereocenters. The van der Waals surface area contributed by atoms with E-state index in [1.165, 1.54) is 0 Å². The van der Waals surface area contributed by atoms with Crippen molar-refractivity contribution < 1.29 is 14.3 Å². The number of aromatic nitrogens is 2. The number of likely N-dealkylation sites (tertiary alicyclic amines) is 2. The zero-order valence-electron chi connectivity index (χ0n) is 15.0. The van der Waals surface area contributed by atoms with Gasteiger partial charge in [-0.05, 0) is 26.2 Å². The van der Waals surface area contributed by atoms with Crippen LogP contribution in [0.2, 0.25) is 0 Å². The van der Waals surface area contributed by atoms with Crippen LogP contribution in [-0.4, -0.2) is 71.0 Å². The maximum atomic E-state index is 12.3. The summed E-state index contributed by atoms with van der Waals surface area (Å²) < 4.78 is 5.28. The van der Waals surface area contributed by atoms with Crippen molar-refractivity contribution in [2.45, 2.75) is 39.0 Å². The van der Waals surface area contributed by atoms with Gasteiger partial charge in [0, 0.05) is 62.9 Å².